The first kappa shape index (κ1) is 19.5. The molecular formula is C14H32ClNO. The fourth-order valence-corrected chi connectivity index (χ4v) is 2.23. The Morgan fingerprint density at radius 3 is 1.47 bits per heavy atom. The van der Waals surface area contributed by atoms with E-state index in [1.165, 1.54) is 51.5 Å². The maximum Gasteiger partial charge on any atom is 0.180 e. The lowest BCUT2D eigenvalue weighted by Crippen LogP contribution is -3.00. The molecule has 0 spiro atoms. The molecule has 0 heterocycles. The zero-order chi connectivity index (χ0) is 12.3. The summed E-state index contributed by atoms with van der Waals surface area (Å²) in [5, 5.41) is 9.70. The zero-order valence-corrected chi connectivity index (χ0v) is 12.8. The van der Waals surface area contributed by atoms with Gasteiger partial charge in [0.05, 0.1) is 19.6 Å². The van der Waals surface area contributed by atoms with E-state index in [1.54, 1.807) is 0 Å². The van der Waals surface area contributed by atoms with Crippen molar-refractivity contribution >= 4 is 0 Å². The van der Waals surface area contributed by atoms with Crippen LogP contribution in [0.1, 0.15) is 65.7 Å². The summed E-state index contributed by atoms with van der Waals surface area (Å²) in [5.41, 5.74) is 0. The van der Waals surface area contributed by atoms with E-state index in [0.717, 1.165) is 17.6 Å². The predicted molar refractivity (Wildman–Crippen MR) is 71.3 cm³/mol. The van der Waals surface area contributed by atoms with E-state index in [4.69, 9.17) is 0 Å². The molecule has 106 valence electrons. The standard InChI is InChI=1S/C14H32NO.ClH/c1-4-7-10-13-15(14-16,11-8-5-2)12-9-6-3;/h16H,4-14H2,1-3H3;1H/q+1;/p-1. The minimum atomic E-state index is 0. The molecule has 0 aliphatic carbocycles. The SMILES string of the molecule is CCCCC[N+](CO)(CCCC)CCCC.[Cl-]. The first-order chi connectivity index (χ1) is 7.74. The minimum absolute atomic E-state index is 0. The molecule has 0 atom stereocenters. The van der Waals surface area contributed by atoms with Gasteiger partial charge in [-0.25, -0.2) is 0 Å². The fourth-order valence-electron chi connectivity index (χ4n) is 2.23. The minimum Gasteiger partial charge on any atom is -1.00 e. The van der Waals surface area contributed by atoms with Gasteiger partial charge >= 0.3 is 0 Å². The van der Waals surface area contributed by atoms with Crippen molar-refractivity contribution in [3.8, 4) is 0 Å². The Hall–Kier alpha value is 0.210. The normalized spacial score (nSPS) is 11.3. The largest absolute Gasteiger partial charge is 1.00 e. The lowest BCUT2D eigenvalue weighted by molar-refractivity contribution is -0.945. The van der Waals surface area contributed by atoms with E-state index in [-0.39, 0.29) is 12.4 Å². The molecule has 0 rings (SSSR count). The van der Waals surface area contributed by atoms with Gasteiger partial charge in [0.1, 0.15) is 0 Å². The molecule has 1 N–H and O–H groups in total. The van der Waals surface area contributed by atoms with Crippen molar-refractivity contribution in [1.82, 2.24) is 0 Å². The molecule has 0 saturated carbocycles. The van der Waals surface area contributed by atoms with Gasteiger partial charge in [0, 0.05) is 0 Å². The summed E-state index contributed by atoms with van der Waals surface area (Å²) in [7, 11) is 0. The molecule has 0 fully saturated rings. The average Bonchev–Trinajstić information content (AvgIpc) is 2.32. The lowest BCUT2D eigenvalue weighted by atomic mass is 10.1. The van der Waals surface area contributed by atoms with Gasteiger partial charge in [-0.1, -0.05) is 40.0 Å². The molecule has 0 aromatic rings. The van der Waals surface area contributed by atoms with Gasteiger partial charge < -0.3 is 22.0 Å². The third-order valence-corrected chi connectivity index (χ3v) is 3.51. The van der Waals surface area contributed by atoms with Gasteiger partial charge in [0.2, 0.25) is 0 Å². The molecule has 0 aromatic heterocycles. The number of hydrogen-bond donors (Lipinski definition) is 1. The molecule has 2 nitrogen and oxygen atoms in total. The molecular weight excluding hydrogens is 234 g/mol. The van der Waals surface area contributed by atoms with Crippen LogP contribution >= 0.6 is 0 Å². The molecule has 0 saturated heterocycles. The van der Waals surface area contributed by atoms with Crippen molar-refractivity contribution < 1.29 is 22.0 Å². The summed E-state index contributed by atoms with van der Waals surface area (Å²) in [6, 6.07) is 0. The van der Waals surface area contributed by atoms with Crippen LogP contribution in [0, 0.1) is 0 Å². The summed E-state index contributed by atoms with van der Waals surface area (Å²) in [4.78, 5) is 0. The van der Waals surface area contributed by atoms with Crippen molar-refractivity contribution in [2.24, 2.45) is 0 Å². The van der Waals surface area contributed by atoms with E-state index in [9.17, 15) is 5.11 Å². The van der Waals surface area contributed by atoms with Crippen LogP contribution in [0.4, 0.5) is 0 Å². The molecule has 3 heteroatoms. The van der Waals surface area contributed by atoms with Crippen molar-refractivity contribution in [3.63, 3.8) is 0 Å². The van der Waals surface area contributed by atoms with Gasteiger partial charge in [0.15, 0.2) is 6.73 Å². The highest BCUT2D eigenvalue weighted by molar-refractivity contribution is 4.46. The van der Waals surface area contributed by atoms with E-state index in [1.807, 2.05) is 0 Å². The van der Waals surface area contributed by atoms with Crippen LogP contribution in [0.5, 0.6) is 0 Å². The van der Waals surface area contributed by atoms with Crippen molar-refractivity contribution in [2.45, 2.75) is 65.7 Å². The summed E-state index contributed by atoms with van der Waals surface area (Å²) < 4.78 is 0.946. The molecule has 0 radical (unpaired) electrons. The molecule has 0 aliphatic heterocycles. The first-order valence-electron chi connectivity index (χ1n) is 7.20. The molecule has 0 amide bonds. The van der Waals surface area contributed by atoms with Crippen LogP contribution < -0.4 is 12.4 Å². The number of aliphatic hydroxyl groups is 1. The second-order valence-electron chi connectivity index (χ2n) is 5.07. The van der Waals surface area contributed by atoms with Crippen molar-refractivity contribution in [3.05, 3.63) is 0 Å². The summed E-state index contributed by atoms with van der Waals surface area (Å²) in [5.74, 6) is 0. The van der Waals surface area contributed by atoms with Gasteiger partial charge in [-0.15, -0.1) is 0 Å². The van der Waals surface area contributed by atoms with Gasteiger partial charge in [-0.2, -0.15) is 0 Å². The number of hydrogen-bond acceptors (Lipinski definition) is 1. The van der Waals surface area contributed by atoms with Gasteiger partial charge in [-0.3, -0.25) is 0 Å². The van der Waals surface area contributed by atoms with Crippen LogP contribution in [0.25, 0.3) is 0 Å². The fraction of sp³-hybridized carbons (Fsp3) is 1.00. The third kappa shape index (κ3) is 8.87. The molecule has 17 heavy (non-hydrogen) atoms. The van der Waals surface area contributed by atoms with E-state index < -0.39 is 0 Å². The Balaban J connectivity index is 0. The second kappa shape index (κ2) is 12.7. The lowest BCUT2D eigenvalue weighted by Gasteiger charge is -2.37. The number of aliphatic hydroxyl groups excluding tert-OH is 1. The maximum absolute atomic E-state index is 9.70. The van der Waals surface area contributed by atoms with E-state index in [0.29, 0.717) is 6.73 Å². The highest BCUT2D eigenvalue weighted by Gasteiger charge is 2.24. The highest BCUT2D eigenvalue weighted by Crippen LogP contribution is 2.14. The van der Waals surface area contributed by atoms with E-state index in [2.05, 4.69) is 20.8 Å². The molecule has 0 bridgehead atoms. The topological polar surface area (TPSA) is 20.2 Å². The maximum atomic E-state index is 9.70. The monoisotopic (exact) mass is 265 g/mol. The van der Waals surface area contributed by atoms with Crippen LogP contribution in [0.2, 0.25) is 0 Å². The van der Waals surface area contributed by atoms with Crippen LogP contribution in [-0.2, 0) is 0 Å². The Bertz CT molecular complexity index is 145. The van der Waals surface area contributed by atoms with Gasteiger partial charge in [-0.05, 0) is 25.7 Å². The van der Waals surface area contributed by atoms with Crippen molar-refractivity contribution in [1.29, 1.82) is 0 Å². The quantitative estimate of drug-likeness (QED) is 0.329. The zero-order valence-electron chi connectivity index (χ0n) is 12.1. The Morgan fingerprint density at radius 1 is 0.706 bits per heavy atom. The summed E-state index contributed by atoms with van der Waals surface area (Å²) in [6.45, 7) is 10.5. The number of unbranched alkanes of at least 4 members (excludes halogenated alkanes) is 4. The third-order valence-electron chi connectivity index (χ3n) is 3.51. The number of quaternary nitrogens is 1. The Morgan fingerprint density at radius 2 is 1.12 bits per heavy atom. The van der Waals surface area contributed by atoms with Crippen LogP contribution in [0.15, 0.2) is 0 Å². The smallest absolute Gasteiger partial charge is 0.180 e. The van der Waals surface area contributed by atoms with Crippen LogP contribution in [-0.4, -0.2) is 36.0 Å². The Labute approximate surface area is 114 Å². The highest BCUT2D eigenvalue weighted by atomic mass is 35.5. The van der Waals surface area contributed by atoms with Crippen LogP contribution in [0.3, 0.4) is 0 Å². The molecule has 0 unspecified atom stereocenters. The summed E-state index contributed by atoms with van der Waals surface area (Å²) >= 11 is 0. The second-order valence-corrected chi connectivity index (χ2v) is 5.07. The number of nitrogens with zero attached hydrogens (tertiary/aromatic N) is 1. The van der Waals surface area contributed by atoms with Crippen molar-refractivity contribution in [2.75, 3.05) is 26.4 Å². The molecule has 0 aliphatic rings. The van der Waals surface area contributed by atoms with Gasteiger partial charge in [0.25, 0.3) is 0 Å². The number of halogens is 1. The molecule has 0 aromatic carbocycles. The first-order valence-corrected chi connectivity index (χ1v) is 7.20. The summed E-state index contributed by atoms with van der Waals surface area (Å²) in [6.07, 6.45) is 8.81. The number of rotatable bonds is 11. The predicted octanol–water partition coefficient (Wildman–Crippen LogP) is 0.547. The Kier molecular flexibility index (Phi) is 14.6. The average molecular weight is 266 g/mol. The van der Waals surface area contributed by atoms with E-state index >= 15 is 0 Å².